The molecular formula is C17H22N2OS. The van der Waals surface area contributed by atoms with Crippen molar-refractivity contribution >= 4 is 11.8 Å². The highest BCUT2D eigenvalue weighted by Crippen LogP contribution is 2.18. The molecule has 1 aromatic carbocycles. The molecule has 2 aromatic rings. The fraction of sp³-hybridized carbons (Fsp3) is 0.353. The third kappa shape index (κ3) is 5.40. The zero-order chi connectivity index (χ0) is 15.1. The van der Waals surface area contributed by atoms with Gasteiger partial charge in [0.15, 0.2) is 0 Å². The van der Waals surface area contributed by atoms with E-state index in [1.165, 1.54) is 11.1 Å². The number of pyridine rings is 1. The van der Waals surface area contributed by atoms with Gasteiger partial charge in [-0.25, -0.2) is 4.98 Å². The molecule has 0 amide bonds. The maximum Gasteiger partial charge on any atom is 0.119 e. The third-order valence-corrected chi connectivity index (χ3v) is 3.91. The van der Waals surface area contributed by atoms with Crippen LogP contribution in [0.25, 0.3) is 0 Å². The van der Waals surface area contributed by atoms with Gasteiger partial charge in [0.2, 0.25) is 0 Å². The van der Waals surface area contributed by atoms with Gasteiger partial charge in [-0.15, -0.1) is 11.8 Å². The molecule has 1 aromatic heterocycles. The van der Waals surface area contributed by atoms with Crippen LogP contribution in [0.15, 0.2) is 41.4 Å². The van der Waals surface area contributed by atoms with E-state index in [0.717, 1.165) is 28.6 Å². The second kappa shape index (κ2) is 8.05. The summed E-state index contributed by atoms with van der Waals surface area (Å²) in [4.78, 5) is 4.51. The molecule has 0 unspecified atom stereocenters. The molecule has 0 saturated carbocycles. The summed E-state index contributed by atoms with van der Waals surface area (Å²) in [5, 5.41) is 1.06. The Morgan fingerprint density at radius 3 is 2.57 bits per heavy atom. The van der Waals surface area contributed by atoms with Gasteiger partial charge in [-0.3, -0.25) is 0 Å². The predicted octanol–water partition coefficient (Wildman–Crippen LogP) is 3.37. The van der Waals surface area contributed by atoms with Crippen molar-refractivity contribution in [3.8, 4) is 5.75 Å². The van der Waals surface area contributed by atoms with Crippen molar-refractivity contribution in [2.24, 2.45) is 5.73 Å². The molecule has 0 saturated heterocycles. The third-order valence-electron chi connectivity index (χ3n) is 3.03. The Hall–Kier alpha value is -1.52. The van der Waals surface area contributed by atoms with Crippen LogP contribution in [0.3, 0.4) is 0 Å². The Morgan fingerprint density at radius 1 is 1.14 bits per heavy atom. The largest absolute Gasteiger partial charge is 0.493 e. The average molecular weight is 302 g/mol. The Kier molecular flexibility index (Phi) is 6.08. The topological polar surface area (TPSA) is 48.1 Å². The molecule has 0 atom stereocenters. The van der Waals surface area contributed by atoms with Crippen LogP contribution in [0.1, 0.15) is 16.8 Å². The summed E-state index contributed by atoms with van der Waals surface area (Å²) in [5.74, 6) is 1.80. The van der Waals surface area contributed by atoms with Crippen LogP contribution in [0.5, 0.6) is 5.75 Å². The van der Waals surface area contributed by atoms with Crippen molar-refractivity contribution in [2.75, 3.05) is 18.9 Å². The zero-order valence-electron chi connectivity index (χ0n) is 12.6. The maximum atomic E-state index is 5.74. The first kappa shape index (κ1) is 15.9. The summed E-state index contributed by atoms with van der Waals surface area (Å²) in [6.45, 7) is 5.48. The highest BCUT2D eigenvalue weighted by atomic mass is 32.2. The van der Waals surface area contributed by atoms with Crippen LogP contribution >= 0.6 is 11.8 Å². The quantitative estimate of drug-likeness (QED) is 0.629. The Labute approximate surface area is 130 Å². The maximum absolute atomic E-state index is 5.74. The molecule has 4 heteroatoms. The van der Waals surface area contributed by atoms with E-state index in [2.05, 4.69) is 36.2 Å². The van der Waals surface area contributed by atoms with Crippen LogP contribution < -0.4 is 10.5 Å². The van der Waals surface area contributed by atoms with Crippen molar-refractivity contribution in [1.82, 2.24) is 4.98 Å². The Morgan fingerprint density at radius 2 is 1.90 bits per heavy atom. The van der Waals surface area contributed by atoms with E-state index >= 15 is 0 Å². The van der Waals surface area contributed by atoms with E-state index in [4.69, 9.17) is 10.5 Å². The molecule has 0 bridgehead atoms. The van der Waals surface area contributed by atoms with Gasteiger partial charge in [-0.2, -0.15) is 0 Å². The lowest BCUT2D eigenvalue weighted by atomic mass is 10.1. The number of hydrogen-bond acceptors (Lipinski definition) is 4. The molecule has 0 aliphatic heterocycles. The smallest absolute Gasteiger partial charge is 0.119 e. The molecule has 112 valence electrons. The molecule has 0 spiro atoms. The van der Waals surface area contributed by atoms with E-state index in [-0.39, 0.29) is 0 Å². The second-order valence-electron chi connectivity index (χ2n) is 5.00. The van der Waals surface area contributed by atoms with Crippen LogP contribution in [-0.2, 0) is 6.42 Å². The van der Waals surface area contributed by atoms with Gasteiger partial charge in [0.25, 0.3) is 0 Å². The number of aromatic nitrogens is 1. The average Bonchev–Trinajstić information content (AvgIpc) is 2.45. The van der Waals surface area contributed by atoms with E-state index in [9.17, 15) is 0 Å². The summed E-state index contributed by atoms with van der Waals surface area (Å²) in [6.07, 6.45) is 0.911. The summed E-state index contributed by atoms with van der Waals surface area (Å²) in [6, 6.07) is 12.3. The van der Waals surface area contributed by atoms with Gasteiger partial charge >= 0.3 is 0 Å². The van der Waals surface area contributed by atoms with E-state index < -0.39 is 0 Å². The minimum atomic E-state index is 0.676. The van der Waals surface area contributed by atoms with E-state index in [0.29, 0.717) is 13.2 Å². The SMILES string of the molecule is Cc1cc(C)nc(SCCOc2ccc(CCN)cc2)c1. The normalized spacial score (nSPS) is 10.6. The number of thioether (sulfide) groups is 1. The number of aryl methyl sites for hydroxylation is 2. The number of hydrogen-bond donors (Lipinski definition) is 1. The van der Waals surface area contributed by atoms with Crippen LogP contribution in [0.2, 0.25) is 0 Å². The van der Waals surface area contributed by atoms with Crippen LogP contribution in [0.4, 0.5) is 0 Å². The van der Waals surface area contributed by atoms with Crippen molar-refractivity contribution in [2.45, 2.75) is 25.3 Å². The van der Waals surface area contributed by atoms with Gasteiger partial charge in [-0.05, 0) is 62.2 Å². The minimum Gasteiger partial charge on any atom is -0.493 e. The van der Waals surface area contributed by atoms with Gasteiger partial charge < -0.3 is 10.5 Å². The molecule has 1 heterocycles. The van der Waals surface area contributed by atoms with Gasteiger partial charge in [-0.1, -0.05) is 12.1 Å². The summed E-state index contributed by atoms with van der Waals surface area (Å²) >= 11 is 1.73. The molecule has 3 nitrogen and oxygen atoms in total. The summed E-state index contributed by atoms with van der Waals surface area (Å²) < 4.78 is 5.74. The lowest BCUT2D eigenvalue weighted by Gasteiger charge is -2.07. The fourth-order valence-electron chi connectivity index (χ4n) is 2.10. The Bertz CT molecular complexity index is 549. The van der Waals surface area contributed by atoms with Gasteiger partial charge in [0.05, 0.1) is 11.6 Å². The second-order valence-corrected chi connectivity index (χ2v) is 6.12. The molecular weight excluding hydrogens is 280 g/mol. The number of rotatable bonds is 7. The van der Waals surface area contributed by atoms with Crippen LogP contribution in [0, 0.1) is 13.8 Å². The lowest BCUT2D eigenvalue weighted by Crippen LogP contribution is -2.03. The van der Waals surface area contributed by atoms with Crippen molar-refractivity contribution in [3.63, 3.8) is 0 Å². The summed E-state index contributed by atoms with van der Waals surface area (Å²) in [5.41, 5.74) is 9.10. The molecule has 0 fully saturated rings. The Balaban J connectivity index is 1.76. The highest BCUT2D eigenvalue weighted by Gasteiger charge is 2.00. The molecule has 0 aliphatic carbocycles. The minimum absolute atomic E-state index is 0.676. The number of ether oxygens (including phenoxy) is 1. The van der Waals surface area contributed by atoms with Crippen molar-refractivity contribution in [3.05, 3.63) is 53.2 Å². The lowest BCUT2D eigenvalue weighted by molar-refractivity contribution is 0.344. The molecule has 2 N–H and O–H groups in total. The first-order chi connectivity index (χ1) is 10.2. The van der Waals surface area contributed by atoms with Crippen molar-refractivity contribution in [1.29, 1.82) is 0 Å². The molecule has 0 aliphatic rings. The van der Waals surface area contributed by atoms with Crippen LogP contribution in [-0.4, -0.2) is 23.9 Å². The van der Waals surface area contributed by atoms with Gasteiger partial charge in [0.1, 0.15) is 5.75 Å². The first-order valence-corrected chi connectivity index (χ1v) is 8.16. The predicted molar refractivity (Wildman–Crippen MR) is 89.1 cm³/mol. The summed E-state index contributed by atoms with van der Waals surface area (Å²) in [7, 11) is 0. The molecule has 21 heavy (non-hydrogen) atoms. The zero-order valence-corrected chi connectivity index (χ0v) is 13.5. The van der Waals surface area contributed by atoms with E-state index in [1.807, 2.05) is 19.1 Å². The fourth-order valence-corrected chi connectivity index (χ4v) is 2.96. The van der Waals surface area contributed by atoms with Gasteiger partial charge in [0, 0.05) is 11.4 Å². The molecule has 0 radical (unpaired) electrons. The standard InChI is InChI=1S/C17H22N2OS/c1-13-11-14(2)19-17(12-13)21-10-9-20-16-5-3-15(4-6-16)7-8-18/h3-6,11-12H,7-10,18H2,1-2H3. The number of nitrogens with two attached hydrogens (primary N) is 1. The van der Waals surface area contributed by atoms with E-state index in [1.54, 1.807) is 11.8 Å². The van der Waals surface area contributed by atoms with Crippen molar-refractivity contribution < 1.29 is 4.74 Å². The highest BCUT2D eigenvalue weighted by molar-refractivity contribution is 7.99. The number of benzene rings is 1. The number of nitrogens with zero attached hydrogens (tertiary/aromatic N) is 1. The monoisotopic (exact) mass is 302 g/mol. The first-order valence-electron chi connectivity index (χ1n) is 7.17. The molecule has 2 rings (SSSR count).